The van der Waals surface area contributed by atoms with Crippen molar-refractivity contribution in [3.63, 3.8) is 0 Å². The molecular formula is C25H17N7O4S2. The van der Waals surface area contributed by atoms with Crippen LogP contribution in [0, 0.1) is 17.0 Å². The summed E-state index contributed by atoms with van der Waals surface area (Å²) >= 11 is 6.24. The zero-order chi connectivity index (χ0) is 26.8. The third-order valence-corrected chi connectivity index (χ3v) is 6.81. The van der Waals surface area contributed by atoms with Crippen LogP contribution in [-0.2, 0) is 9.59 Å². The molecule has 5 rings (SSSR count). The number of nitrogens with zero attached hydrogens (tertiary/aromatic N) is 6. The number of nitro groups is 1. The van der Waals surface area contributed by atoms with E-state index in [-0.39, 0.29) is 21.3 Å². The van der Waals surface area contributed by atoms with E-state index in [2.05, 4.69) is 20.8 Å². The minimum absolute atomic E-state index is 0.0464. The van der Waals surface area contributed by atoms with E-state index >= 15 is 0 Å². The van der Waals surface area contributed by atoms with E-state index in [1.54, 1.807) is 18.2 Å². The molecule has 1 saturated heterocycles. The minimum Gasteiger partial charge on any atom is -0.298 e. The van der Waals surface area contributed by atoms with Crippen LogP contribution in [0.3, 0.4) is 0 Å². The van der Waals surface area contributed by atoms with Gasteiger partial charge in [-0.1, -0.05) is 42.0 Å². The van der Waals surface area contributed by atoms with E-state index in [9.17, 15) is 19.7 Å². The van der Waals surface area contributed by atoms with Crippen LogP contribution in [0.2, 0.25) is 0 Å². The Morgan fingerprint density at radius 2 is 1.76 bits per heavy atom. The van der Waals surface area contributed by atoms with Crippen LogP contribution >= 0.6 is 24.0 Å². The third-order valence-electron chi connectivity index (χ3n) is 5.53. The van der Waals surface area contributed by atoms with Gasteiger partial charge in [0.1, 0.15) is 5.57 Å². The number of nitro benzene ring substituents is 1. The number of aryl methyl sites for hydroxylation is 1. The van der Waals surface area contributed by atoms with Crippen LogP contribution in [0.15, 0.2) is 88.4 Å². The summed E-state index contributed by atoms with van der Waals surface area (Å²) in [5, 5.41) is 26.4. The van der Waals surface area contributed by atoms with Gasteiger partial charge in [-0.15, -0.1) is 5.10 Å². The summed E-state index contributed by atoms with van der Waals surface area (Å²) in [6.07, 6.45) is 1.30. The van der Waals surface area contributed by atoms with Crippen LogP contribution < -0.4 is 10.2 Å². The molecule has 1 aromatic heterocycles. The molecule has 188 valence electrons. The number of anilines is 1. The van der Waals surface area contributed by atoms with Crippen molar-refractivity contribution < 1.29 is 14.5 Å². The standard InChI is InChI=1S/C25H17N7O4S2/c1-15-7-10-17(11-8-15)30-23(34)19(22(33)26-24(30)37)13-16-9-12-21(20(14-16)32(35)36)38-25-27-28-29-31(25)18-5-3-2-4-6-18/h2-14H,1H3,(H,26,33,37)/b19-13+. The number of hydrogen-bond donors (Lipinski definition) is 1. The Morgan fingerprint density at radius 3 is 2.47 bits per heavy atom. The van der Waals surface area contributed by atoms with Gasteiger partial charge in [0.25, 0.3) is 17.5 Å². The number of carbonyl (C=O) groups is 2. The second-order valence-electron chi connectivity index (χ2n) is 8.09. The molecule has 0 atom stereocenters. The van der Waals surface area contributed by atoms with Crippen LogP contribution in [0.25, 0.3) is 11.8 Å². The fraction of sp³-hybridized carbons (Fsp3) is 0.0400. The summed E-state index contributed by atoms with van der Waals surface area (Å²) in [5.41, 5.74) is 2.03. The molecule has 0 bridgehead atoms. The predicted molar refractivity (Wildman–Crippen MR) is 144 cm³/mol. The molecule has 1 aliphatic rings. The number of amides is 2. The van der Waals surface area contributed by atoms with Crippen LogP contribution in [0.1, 0.15) is 11.1 Å². The van der Waals surface area contributed by atoms with E-state index in [0.717, 1.165) is 17.3 Å². The first-order chi connectivity index (χ1) is 18.3. The van der Waals surface area contributed by atoms with Crippen LogP contribution in [0.4, 0.5) is 11.4 Å². The van der Waals surface area contributed by atoms with E-state index in [0.29, 0.717) is 22.1 Å². The average Bonchev–Trinajstić information content (AvgIpc) is 3.37. The summed E-state index contributed by atoms with van der Waals surface area (Å²) in [4.78, 5) is 38.8. The summed E-state index contributed by atoms with van der Waals surface area (Å²) in [7, 11) is 0. The topological polar surface area (TPSA) is 136 Å². The number of benzene rings is 3. The Balaban J connectivity index is 1.47. The van der Waals surface area contributed by atoms with Crippen LogP contribution in [-0.4, -0.2) is 42.1 Å². The van der Waals surface area contributed by atoms with Gasteiger partial charge in [0.15, 0.2) is 5.11 Å². The highest BCUT2D eigenvalue weighted by atomic mass is 32.2. The second-order valence-corrected chi connectivity index (χ2v) is 9.48. The van der Waals surface area contributed by atoms with Crippen molar-refractivity contribution in [2.75, 3.05) is 4.90 Å². The molecule has 0 radical (unpaired) electrons. The first-order valence-corrected chi connectivity index (χ1v) is 12.3. The molecule has 1 aliphatic heterocycles. The molecule has 1 N–H and O–H groups in total. The molecule has 0 aliphatic carbocycles. The summed E-state index contributed by atoms with van der Waals surface area (Å²) in [6.45, 7) is 1.91. The van der Waals surface area contributed by atoms with Gasteiger partial charge in [-0.3, -0.25) is 29.9 Å². The molecule has 11 nitrogen and oxygen atoms in total. The number of nitrogens with one attached hydrogen (secondary N) is 1. The second kappa shape index (κ2) is 10.3. The number of hydrogen-bond acceptors (Lipinski definition) is 9. The van der Waals surface area contributed by atoms with Crippen molar-refractivity contribution in [1.82, 2.24) is 25.5 Å². The molecule has 38 heavy (non-hydrogen) atoms. The van der Waals surface area contributed by atoms with Crippen molar-refractivity contribution in [2.24, 2.45) is 0 Å². The lowest BCUT2D eigenvalue weighted by Gasteiger charge is -2.29. The molecule has 13 heteroatoms. The first kappa shape index (κ1) is 24.9. The van der Waals surface area contributed by atoms with E-state index in [1.807, 2.05) is 49.4 Å². The molecule has 4 aromatic rings. The van der Waals surface area contributed by atoms with Crippen molar-refractivity contribution >= 4 is 58.4 Å². The van der Waals surface area contributed by atoms with Gasteiger partial charge < -0.3 is 0 Å². The van der Waals surface area contributed by atoms with Gasteiger partial charge in [0, 0.05) is 6.07 Å². The molecule has 0 saturated carbocycles. The van der Waals surface area contributed by atoms with Crippen molar-refractivity contribution in [2.45, 2.75) is 17.0 Å². The lowest BCUT2D eigenvalue weighted by atomic mass is 10.1. The van der Waals surface area contributed by atoms with E-state index < -0.39 is 16.7 Å². The van der Waals surface area contributed by atoms with E-state index in [4.69, 9.17) is 12.2 Å². The molecule has 1 fully saturated rings. The van der Waals surface area contributed by atoms with Gasteiger partial charge >= 0.3 is 0 Å². The van der Waals surface area contributed by atoms with Crippen molar-refractivity contribution in [1.29, 1.82) is 0 Å². The van der Waals surface area contributed by atoms with Crippen molar-refractivity contribution in [3.8, 4) is 5.69 Å². The number of thiocarbonyl (C=S) groups is 1. The number of rotatable bonds is 6. The Bertz CT molecular complexity index is 1620. The summed E-state index contributed by atoms with van der Waals surface area (Å²) < 4.78 is 1.47. The van der Waals surface area contributed by atoms with Crippen molar-refractivity contribution in [3.05, 3.63) is 99.6 Å². The molecule has 2 heterocycles. The average molecular weight is 544 g/mol. The van der Waals surface area contributed by atoms with Gasteiger partial charge in [-0.2, -0.15) is 4.68 Å². The van der Waals surface area contributed by atoms with Crippen LogP contribution in [0.5, 0.6) is 0 Å². The summed E-state index contributed by atoms with van der Waals surface area (Å²) in [5.74, 6) is -1.32. The van der Waals surface area contributed by atoms with Gasteiger partial charge in [0.2, 0.25) is 5.16 Å². The maximum absolute atomic E-state index is 13.3. The van der Waals surface area contributed by atoms with Gasteiger partial charge in [-0.05, 0) is 83.3 Å². The maximum atomic E-state index is 13.3. The zero-order valence-corrected chi connectivity index (χ0v) is 21.3. The first-order valence-electron chi connectivity index (χ1n) is 11.1. The lowest BCUT2D eigenvalue weighted by Crippen LogP contribution is -2.54. The molecule has 0 unspecified atom stereocenters. The molecule has 0 spiro atoms. The number of carbonyl (C=O) groups excluding carboxylic acids is 2. The maximum Gasteiger partial charge on any atom is 0.283 e. The Labute approximate surface area is 225 Å². The molecule has 2 amide bonds. The highest BCUT2D eigenvalue weighted by Gasteiger charge is 2.34. The number of aromatic nitrogens is 4. The zero-order valence-electron chi connectivity index (χ0n) is 19.6. The molecule has 3 aromatic carbocycles. The highest BCUT2D eigenvalue weighted by Crippen LogP contribution is 2.35. The monoisotopic (exact) mass is 543 g/mol. The van der Waals surface area contributed by atoms with E-state index in [1.165, 1.54) is 27.8 Å². The quantitative estimate of drug-likeness (QED) is 0.126. The smallest absolute Gasteiger partial charge is 0.283 e. The normalized spacial score (nSPS) is 14.6. The Hall–Kier alpha value is -4.75. The number of para-hydroxylation sites is 1. The number of tetrazole rings is 1. The molecular weight excluding hydrogens is 526 g/mol. The summed E-state index contributed by atoms with van der Waals surface area (Å²) in [6, 6.07) is 20.6. The fourth-order valence-electron chi connectivity index (χ4n) is 3.68. The predicted octanol–water partition coefficient (Wildman–Crippen LogP) is 3.86. The third kappa shape index (κ3) is 4.92. The highest BCUT2D eigenvalue weighted by molar-refractivity contribution is 7.99. The Morgan fingerprint density at radius 1 is 1.03 bits per heavy atom. The Kier molecular flexibility index (Phi) is 6.77. The van der Waals surface area contributed by atoms with Gasteiger partial charge in [0.05, 0.1) is 21.2 Å². The SMILES string of the molecule is Cc1ccc(N2C(=O)/C(=C/c3ccc(Sc4nnnn4-c4ccccc4)c([N+](=O)[O-])c3)C(=O)NC2=S)cc1. The fourth-order valence-corrected chi connectivity index (χ4v) is 4.84. The lowest BCUT2D eigenvalue weighted by molar-refractivity contribution is -0.387. The van der Waals surface area contributed by atoms with Gasteiger partial charge in [-0.25, -0.2) is 0 Å². The largest absolute Gasteiger partial charge is 0.298 e. The minimum atomic E-state index is -0.688.